The number of nitrogens with one attached hydrogen (secondary N) is 1. The van der Waals surface area contributed by atoms with Crippen molar-refractivity contribution >= 4 is 5.91 Å². The third kappa shape index (κ3) is 5.69. The van der Waals surface area contributed by atoms with Gasteiger partial charge in [0.2, 0.25) is 5.91 Å². The Hall–Kier alpha value is -3.12. The molecule has 0 fully saturated rings. The average molecular weight is 378 g/mol. The van der Waals surface area contributed by atoms with Crippen LogP contribution in [-0.2, 0) is 17.8 Å². The van der Waals surface area contributed by atoms with Gasteiger partial charge in [-0.3, -0.25) is 4.79 Å². The molecule has 1 atom stereocenters. The highest BCUT2D eigenvalue weighted by Gasteiger charge is 2.15. The molecule has 0 unspecified atom stereocenters. The van der Waals surface area contributed by atoms with Gasteiger partial charge in [-0.2, -0.15) is 0 Å². The number of benzene rings is 2. The highest BCUT2D eigenvalue weighted by molar-refractivity contribution is 5.81. The highest BCUT2D eigenvalue weighted by Crippen LogP contribution is 2.15. The Morgan fingerprint density at radius 2 is 1.93 bits per heavy atom. The average Bonchev–Trinajstić information content (AvgIpc) is 3.13. The Morgan fingerprint density at radius 1 is 1.18 bits per heavy atom. The van der Waals surface area contributed by atoms with Gasteiger partial charge in [-0.05, 0) is 24.1 Å². The molecule has 3 aromatic rings. The molecule has 0 saturated heterocycles. The summed E-state index contributed by atoms with van der Waals surface area (Å²) in [6.07, 6.45) is 4.09. The van der Waals surface area contributed by atoms with Crippen molar-refractivity contribution in [3.05, 3.63) is 83.9 Å². The van der Waals surface area contributed by atoms with Crippen molar-refractivity contribution < 1.29 is 9.53 Å². The van der Waals surface area contributed by atoms with Crippen molar-refractivity contribution in [3.8, 4) is 5.75 Å². The van der Waals surface area contributed by atoms with Crippen LogP contribution in [0.4, 0.5) is 0 Å². The van der Waals surface area contributed by atoms with Gasteiger partial charge in [0.25, 0.3) is 0 Å². The molecule has 0 radical (unpaired) electrons. The van der Waals surface area contributed by atoms with Crippen molar-refractivity contribution in [2.75, 3.05) is 13.2 Å². The number of amides is 1. The summed E-state index contributed by atoms with van der Waals surface area (Å²) in [6, 6.07) is 17.3. The van der Waals surface area contributed by atoms with Gasteiger partial charge in [0.05, 0.1) is 24.6 Å². The molecular weight excluding hydrogens is 352 g/mol. The first-order valence-corrected chi connectivity index (χ1v) is 9.38. The smallest absolute Gasteiger partial charge is 0.237 e. The lowest BCUT2D eigenvalue weighted by Gasteiger charge is -2.12. The SMILES string of the molecule is Cc1ccccc1OCCNC(=O)[C@@H](N)Cc1cn(Cc2ccccc2)cn1. The van der Waals surface area contributed by atoms with E-state index < -0.39 is 6.04 Å². The maximum absolute atomic E-state index is 12.2. The molecule has 3 rings (SSSR count). The van der Waals surface area contributed by atoms with Crippen LogP contribution in [0, 0.1) is 6.92 Å². The fourth-order valence-electron chi connectivity index (χ4n) is 2.90. The molecule has 1 amide bonds. The van der Waals surface area contributed by atoms with Gasteiger partial charge >= 0.3 is 0 Å². The number of para-hydroxylation sites is 1. The number of ether oxygens (including phenoxy) is 1. The second-order valence-electron chi connectivity index (χ2n) is 6.74. The number of aromatic nitrogens is 2. The van der Waals surface area contributed by atoms with E-state index in [4.69, 9.17) is 10.5 Å². The lowest BCUT2D eigenvalue weighted by atomic mass is 10.1. The molecule has 6 nitrogen and oxygen atoms in total. The van der Waals surface area contributed by atoms with E-state index in [9.17, 15) is 4.79 Å². The number of carbonyl (C=O) groups excluding carboxylic acids is 1. The number of rotatable bonds is 9. The largest absolute Gasteiger partial charge is 0.491 e. The Balaban J connectivity index is 1.41. The number of aryl methyl sites for hydroxylation is 1. The van der Waals surface area contributed by atoms with Gasteiger partial charge in [0.15, 0.2) is 0 Å². The molecule has 0 saturated carbocycles. The van der Waals surface area contributed by atoms with Gasteiger partial charge < -0.3 is 20.4 Å². The van der Waals surface area contributed by atoms with E-state index in [1.54, 1.807) is 6.33 Å². The fraction of sp³-hybridized carbons (Fsp3) is 0.273. The van der Waals surface area contributed by atoms with E-state index in [2.05, 4.69) is 22.4 Å². The zero-order valence-electron chi connectivity index (χ0n) is 16.0. The summed E-state index contributed by atoms with van der Waals surface area (Å²) in [5.74, 6) is 0.621. The topological polar surface area (TPSA) is 82.2 Å². The maximum Gasteiger partial charge on any atom is 0.237 e. The third-order valence-electron chi connectivity index (χ3n) is 4.41. The maximum atomic E-state index is 12.2. The van der Waals surface area contributed by atoms with Gasteiger partial charge in [-0.1, -0.05) is 48.5 Å². The standard InChI is InChI=1S/C22H26N4O2/c1-17-7-5-6-10-21(17)28-12-11-24-22(27)20(23)13-19-15-26(16-25-19)14-18-8-3-2-4-9-18/h2-10,15-16,20H,11-14,23H2,1H3,(H,24,27)/t20-/m0/s1. The Kier molecular flexibility index (Phi) is 6.81. The van der Waals surface area contributed by atoms with E-state index in [1.807, 2.05) is 60.2 Å². The number of hydrogen-bond acceptors (Lipinski definition) is 4. The van der Waals surface area contributed by atoms with Crippen LogP contribution in [0.3, 0.4) is 0 Å². The van der Waals surface area contributed by atoms with Crippen molar-refractivity contribution in [3.63, 3.8) is 0 Å². The first kappa shape index (κ1) is 19.6. The number of hydrogen-bond donors (Lipinski definition) is 2. The first-order chi connectivity index (χ1) is 13.6. The summed E-state index contributed by atoms with van der Waals surface area (Å²) < 4.78 is 7.67. The number of nitrogens with two attached hydrogens (primary N) is 1. The summed E-state index contributed by atoms with van der Waals surface area (Å²) in [4.78, 5) is 16.6. The zero-order chi connectivity index (χ0) is 19.8. The molecule has 6 heteroatoms. The second kappa shape index (κ2) is 9.71. The van der Waals surface area contributed by atoms with E-state index in [0.29, 0.717) is 19.6 Å². The fourth-order valence-corrected chi connectivity index (χ4v) is 2.90. The molecule has 28 heavy (non-hydrogen) atoms. The third-order valence-corrected chi connectivity index (χ3v) is 4.41. The van der Waals surface area contributed by atoms with Crippen LogP contribution in [0.2, 0.25) is 0 Å². The summed E-state index contributed by atoms with van der Waals surface area (Å²) in [7, 11) is 0. The Morgan fingerprint density at radius 3 is 2.71 bits per heavy atom. The van der Waals surface area contributed by atoms with Crippen LogP contribution in [0.15, 0.2) is 67.1 Å². The van der Waals surface area contributed by atoms with Crippen molar-refractivity contribution in [1.82, 2.24) is 14.9 Å². The van der Waals surface area contributed by atoms with Gasteiger partial charge in [0.1, 0.15) is 12.4 Å². The van der Waals surface area contributed by atoms with Gasteiger partial charge in [0, 0.05) is 19.2 Å². The zero-order valence-corrected chi connectivity index (χ0v) is 16.0. The Bertz CT molecular complexity index is 892. The van der Waals surface area contributed by atoms with E-state index in [-0.39, 0.29) is 5.91 Å². The molecule has 1 heterocycles. The van der Waals surface area contributed by atoms with Crippen LogP contribution in [-0.4, -0.2) is 34.7 Å². The van der Waals surface area contributed by atoms with E-state index in [0.717, 1.165) is 23.6 Å². The minimum atomic E-state index is -0.640. The molecule has 0 bridgehead atoms. The molecule has 1 aromatic heterocycles. The van der Waals surface area contributed by atoms with Crippen LogP contribution in [0.25, 0.3) is 0 Å². The quantitative estimate of drug-likeness (QED) is 0.560. The molecule has 2 aromatic carbocycles. The van der Waals surface area contributed by atoms with Crippen LogP contribution < -0.4 is 15.8 Å². The summed E-state index contributed by atoms with van der Waals surface area (Å²) >= 11 is 0. The lowest BCUT2D eigenvalue weighted by molar-refractivity contribution is -0.122. The highest BCUT2D eigenvalue weighted by atomic mass is 16.5. The summed E-state index contributed by atoms with van der Waals surface area (Å²) in [5.41, 5.74) is 9.09. The first-order valence-electron chi connectivity index (χ1n) is 9.38. The molecule has 0 spiro atoms. The van der Waals surface area contributed by atoms with E-state index in [1.165, 1.54) is 5.56 Å². The van der Waals surface area contributed by atoms with Crippen molar-refractivity contribution in [2.24, 2.45) is 5.73 Å². The Labute approximate surface area is 165 Å². The van der Waals surface area contributed by atoms with Gasteiger partial charge in [-0.15, -0.1) is 0 Å². The molecule has 146 valence electrons. The second-order valence-corrected chi connectivity index (χ2v) is 6.74. The van der Waals surface area contributed by atoms with Crippen LogP contribution in [0.1, 0.15) is 16.8 Å². The minimum absolute atomic E-state index is 0.203. The lowest BCUT2D eigenvalue weighted by Crippen LogP contribution is -2.43. The summed E-state index contributed by atoms with van der Waals surface area (Å²) in [5, 5.41) is 2.82. The molecule has 0 aliphatic carbocycles. The van der Waals surface area contributed by atoms with Crippen molar-refractivity contribution in [1.29, 1.82) is 0 Å². The summed E-state index contributed by atoms with van der Waals surface area (Å²) in [6.45, 7) is 3.53. The predicted molar refractivity (Wildman–Crippen MR) is 109 cm³/mol. The number of imidazole rings is 1. The molecular formula is C22H26N4O2. The molecule has 0 aliphatic rings. The predicted octanol–water partition coefficient (Wildman–Crippen LogP) is 2.30. The van der Waals surface area contributed by atoms with E-state index >= 15 is 0 Å². The monoisotopic (exact) mass is 378 g/mol. The van der Waals surface area contributed by atoms with Crippen molar-refractivity contribution in [2.45, 2.75) is 25.9 Å². The molecule has 0 aliphatic heterocycles. The number of nitrogens with zero attached hydrogens (tertiary/aromatic N) is 2. The normalized spacial score (nSPS) is 11.8. The number of carbonyl (C=O) groups is 1. The minimum Gasteiger partial charge on any atom is -0.491 e. The van der Waals surface area contributed by atoms with Crippen LogP contribution in [0.5, 0.6) is 5.75 Å². The molecule has 3 N–H and O–H groups in total. The van der Waals surface area contributed by atoms with Gasteiger partial charge in [-0.25, -0.2) is 4.98 Å². The van der Waals surface area contributed by atoms with Crippen LogP contribution >= 0.6 is 0 Å².